The second-order valence-corrected chi connectivity index (χ2v) is 5.61. The van der Waals surface area contributed by atoms with E-state index in [-0.39, 0.29) is 19.6 Å². The standard InChI is InChI=1S/C17H15Cl2NO3/c18-14-7-3-1-5-12(14)9-17(22)23-11-16(21)20-10-13-6-2-4-8-15(13)19/h1-8H,9-11H2,(H,20,21). The molecule has 120 valence electrons. The Labute approximate surface area is 144 Å². The molecule has 4 nitrogen and oxygen atoms in total. The summed E-state index contributed by atoms with van der Waals surface area (Å²) in [7, 11) is 0. The van der Waals surface area contributed by atoms with E-state index in [9.17, 15) is 9.59 Å². The Morgan fingerprint density at radius 2 is 1.48 bits per heavy atom. The van der Waals surface area contributed by atoms with Crippen molar-refractivity contribution in [1.82, 2.24) is 5.32 Å². The maximum atomic E-state index is 11.7. The number of carbonyl (C=O) groups is 2. The summed E-state index contributed by atoms with van der Waals surface area (Å²) in [5.74, 6) is -0.900. The fourth-order valence-corrected chi connectivity index (χ4v) is 2.29. The summed E-state index contributed by atoms with van der Waals surface area (Å²) in [5, 5.41) is 3.71. The van der Waals surface area contributed by atoms with Crippen LogP contribution in [0.5, 0.6) is 0 Å². The molecule has 0 heterocycles. The van der Waals surface area contributed by atoms with Gasteiger partial charge in [-0.3, -0.25) is 9.59 Å². The minimum atomic E-state index is -0.508. The van der Waals surface area contributed by atoms with E-state index in [0.717, 1.165) is 5.56 Å². The number of hydrogen-bond donors (Lipinski definition) is 1. The first-order valence-corrected chi connectivity index (χ1v) is 7.71. The van der Waals surface area contributed by atoms with Crippen molar-refractivity contribution in [3.63, 3.8) is 0 Å². The van der Waals surface area contributed by atoms with Gasteiger partial charge < -0.3 is 10.1 Å². The van der Waals surface area contributed by atoms with Crippen LogP contribution < -0.4 is 5.32 Å². The Bertz CT molecular complexity index is 704. The minimum Gasteiger partial charge on any atom is -0.455 e. The zero-order chi connectivity index (χ0) is 16.7. The first-order valence-electron chi connectivity index (χ1n) is 6.95. The summed E-state index contributed by atoms with van der Waals surface area (Å²) < 4.78 is 4.94. The molecule has 0 aliphatic rings. The molecule has 0 aromatic heterocycles. The van der Waals surface area contributed by atoms with E-state index in [1.54, 1.807) is 30.3 Å². The molecule has 0 saturated heterocycles. The lowest BCUT2D eigenvalue weighted by molar-refractivity contribution is -0.147. The number of benzene rings is 2. The van der Waals surface area contributed by atoms with Crippen LogP contribution in [0.1, 0.15) is 11.1 Å². The Hall–Kier alpha value is -2.04. The fraction of sp³-hybridized carbons (Fsp3) is 0.176. The molecule has 2 rings (SSSR count). The molecule has 0 radical (unpaired) electrons. The molecule has 0 spiro atoms. The second kappa shape index (κ2) is 8.56. The highest BCUT2D eigenvalue weighted by molar-refractivity contribution is 6.31. The molecule has 1 N–H and O–H groups in total. The van der Waals surface area contributed by atoms with Gasteiger partial charge in [0.2, 0.25) is 0 Å². The summed E-state index contributed by atoms with van der Waals surface area (Å²) in [6.07, 6.45) is 0.0253. The highest BCUT2D eigenvalue weighted by Crippen LogP contribution is 2.16. The Kier molecular flexibility index (Phi) is 6.44. The summed E-state index contributed by atoms with van der Waals surface area (Å²) in [6.45, 7) is -0.0612. The Morgan fingerprint density at radius 1 is 0.913 bits per heavy atom. The van der Waals surface area contributed by atoms with E-state index >= 15 is 0 Å². The van der Waals surface area contributed by atoms with Crippen LogP contribution in [0.3, 0.4) is 0 Å². The molecule has 23 heavy (non-hydrogen) atoms. The molecule has 0 bridgehead atoms. The number of amides is 1. The van der Waals surface area contributed by atoms with Crippen LogP contribution >= 0.6 is 23.2 Å². The molecular weight excluding hydrogens is 337 g/mol. The van der Waals surface area contributed by atoms with Gasteiger partial charge in [0.05, 0.1) is 6.42 Å². The molecule has 0 unspecified atom stereocenters. The number of carbonyl (C=O) groups excluding carboxylic acids is 2. The first-order chi connectivity index (χ1) is 11.1. The van der Waals surface area contributed by atoms with Crippen molar-refractivity contribution in [2.75, 3.05) is 6.61 Å². The molecule has 0 atom stereocenters. The van der Waals surface area contributed by atoms with Gasteiger partial charge in [-0.05, 0) is 23.3 Å². The Morgan fingerprint density at radius 3 is 2.09 bits per heavy atom. The van der Waals surface area contributed by atoms with Crippen LogP contribution in [0.25, 0.3) is 0 Å². The molecular formula is C17H15Cl2NO3. The maximum Gasteiger partial charge on any atom is 0.310 e. The van der Waals surface area contributed by atoms with Crippen molar-refractivity contribution in [3.05, 3.63) is 69.7 Å². The average Bonchev–Trinajstić information content (AvgIpc) is 2.54. The lowest BCUT2D eigenvalue weighted by Gasteiger charge is -2.08. The zero-order valence-electron chi connectivity index (χ0n) is 12.2. The molecule has 2 aromatic carbocycles. The molecule has 0 saturated carbocycles. The predicted octanol–water partition coefficient (Wildman–Crippen LogP) is 3.40. The van der Waals surface area contributed by atoms with E-state index in [0.29, 0.717) is 15.6 Å². The predicted molar refractivity (Wildman–Crippen MR) is 89.4 cm³/mol. The van der Waals surface area contributed by atoms with E-state index in [2.05, 4.69) is 5.32 Å². The van der Waals surface area contributed by atoms with Gasteiger partial charge >= 0.3 is 5.97 Å². The third kappa shape index (κ3) is 5.58. The van der Waals surface area contributed by atoms with Crippen LogP contribution in [-0.2, 0) is 27.3 Å². The van der Waals surface area contributed by atoms with Crippen LogP contribution in [0.2, 0.25) is 10.0 Å². The summed E-state index contributed by atoms with van der Waals surface area (Å²) >= 11 is 12.0. The number of nitrogens with one attached hydrogen (secondary N) is 1. The van der Waals surface area contributed by atoms with Gasteiger partial charge in [0.1, 0.15) is 0 Å². The van der Waals surface area contributed by atoms with Crippen molar-refractivity contribution in [3.8, 4) is 0 Å². The SMILES string of the molecule is O=C(COC(=O)Cc1ccccc1Cl)NCc1ccccc1Cl. The van der Waals surface area contributed by atoms with E-state index in [1.165, 1.54) is 0 Å². The molecule has 1 amide bonds. The first kappa shape index (κ1) is 17.3. The number of hydrogen-bond acceptors (Lipinski definition) is 3. The van der Waals surface area contributed by atoms with Gasteiger partial charge in [-0.1, -0.05) is 59.6 Å². The summed E-state index contributed by atoms with van der Waals surface area (Å²) in [4.78, 5) is 23.4. The number of ether oxygens (including phenoxy) is 1. The quantitative estimate of drug-likeness (QED) is 0.811. The van der Waals surface area contributed by atoms with Gasteiger partial charge in [-0.15, -0.1) is 0 Å². The maximum absolute atomic E-state index is 11.7. The number of rotatable bonds is 6. The molecule has 0 aliphatic carbocycles. The molecule has 0 fully saturated rings. The fourth-order valence-electron chi connectivity index (χ4n) is 1.88. The van der Waals surface area contributed by atoms with Crippen LogP contribution in [0.4, 0.5) is 0 Å². The van der Waals surface area contributed by atoms with Crippen molar-refractivity contribution < 1.29 is 14.3 Å². The zero-order valence-corrected chi connectivity index (χ0v) is 13.7. The van der Waals surface area contributed by atoms with Crippen LogP contribution in [-0.4, -0.2) is 18.5 Å². The lowest BCUT2D eigenvalue weighted by Crippen LogP contribution is -2.28. The van der Waals surface area contributed by atoms with Gasteiger partial charge in [0.15, 0.2) is 6.61 Å². The van der Waals surface area contributed by atoms with Crippen molar-refractivity contribution in [1.29, 1.82) is 0 Å². The average molecular weight is 352 g/mol. The smallest absolute Gasteiger partial charge is 0.310 e. The summed E-state index contributed by atoms with van der Waals surface area (Å²) in [6, 6.07) is 14.2. The highest BCUT2D eigenvalue weighted by atomic mass is 35.5. The van der Waals surface area contributed by atoms with E-state index in [4.69, 9.17) is 27.9 Å². The summed E-state index contributed by atoms with van der Waals surface area (Å²) in [5.41, 5.74) is 1.46. The lowest BCUT2D eigenvalue weighted by atomic mass is 10.1. The van der Waals surface area contributed by atoms with Gasteiger partial charge in [0.25, 0.3) is 5.91 Å². The highest BCUT2D eigenvalue weighted by Gasteiger charge is 2.10. The molecule has 2 aromatic rings. The van der Waals surface area contributed by atoms with E-state index < -0.39 is 11.9 Å². The second-order valence-electron chi connectivity index (χ2n) is 4.80. The van der Waals surface area contributed by atoms with E-state index in [1.807, 2.05) is 18.2 Å². The van der Waals surface area contributed by atoms with Gasteiger partial charge in [-0.2, -0.15) is 0 Å². The van der Waals surface area contributed by atoms with Crippen molar-refractivity contribution in [2.45, 2.75) is 13.0 Å². The number of esters is 1. The number of halogens is 2. The van der Waals surface area contributed by atoms with Crippen LogP contribution in [0, 0.1) is 0 Å². The normalized spacial score (nSPS) is 10.2. The molecule has 6 heteroatoms. The van der Waals surface area contributed by atoms with Crippen molar-refractivity contribution >= 4 is 35.1 Å². The van der Waals surface area contributed by atoms with Gasteiger partial charge in [0, 0.05) is 16.6 Å². The monoisotopic (exact) mass is 351 g/mol. The largest absolute Gasteiger partial charge is 0.455 e. The topological polar surface area (TPSA) is 55.4 Å². The third-order valence-corrected chi connectivity index (χ3v) is 3.83. The van der Waals surface area contributed by atoms with Gasteiger partial charge in [-0.25, -0.2) is 0 Å². The minimum absolute atomic E-state index is 0.0253. The van der Waals surface area contributed by atoms with Crippen LogP contribution in [0.15, 0.2) is 48.5 Å². The molecule has 0 aliphatic heterocycles. The van der Waals surface area contributed by atoms with Crippen molar-refractivity contribution in [2.24, 2.45) is 0 Å². The third-order valence-electron chi connectivity index (χ3n) is 3.09. The Balaban J connectivity index is 1.75.